The molecule has 0 N–H and O–H groups in total. The molecule has 1 saturated heterocycles. The van der Waals surface area contributed by atoms with Gasteiger partial charge in [-0.15, -0.1) is 0 Å². The Bertz CT molecular complexity index is 874. The van der Waals surface area contributed by atoms with Crippen molar-refractivity contribution in [3.8, 4) is 0 Å². The average molecular weight is 425 g/mol. The Hall–Kier alpha value is -2.35. The summed E-state index contributed by atoms with van der Waals surface area (Å²) >= 11 is 5.43. The molecular formula is C23H28N4O2S. The van der Waals surface area contributed by atoms with Crippen LogP contribution in [0.1, 0.15) is 12.0 Å². The standard InChI is InChI=1S/C23H28N4O2S/c1-25(17-18-6-3-2-4-7-18)10-5-11-27-22(28)20-16-19(26-12-14-29-15-13-26)8-9-21(20)24-23(27)30/h2-4,6-9,16,20H,5,10-15,17H2,1H3. The summed E-state index contributed by atoms with van der Waals surface area (Å²) in [7, 11) is 2.10. The number of hydrogen-bond acceptors (Lipinski definition) is 5. The van der Waals surface area contributed by atoms with E-state index in [9.17, 15) is 4.79 Å². The summed E-state index contributed by atoms with van der Waals surface area (Å²) in [5.41, 5.74) is 3.11. The molecule has 6 nitrogen and oxygen atoms in total. The highest BCUT2D eigenvalue weighted by Gasteiger charge is 2.35. The van der Waals surface area contributed by atoms with E-state index in [0.29, 0.717) is 11.7 Å². The highest BCUT2D eigenvalue weighted by Crippen LogP contribution is 2.25. The van der Waals surface area contributed by atoms with Gasteiger partial charge in [-0.3, -0.25) is 9.69 Å². The van der Waals surface area contributed by atoms with Crippen LogP contribution in [0.25, 0.3) is 0 Å². The number of morpholine rings is 1. The van der Waals surface area contributed by atoms with Gasteiger partial charge in [-0.1, -0.05) is 30.3 Å². The van der Waals surface area contributed by atoms with Crippen LogP contribution in [-0.2, 0) is 16.1 Å². The molecule has 3 aliphatic rings. The Morgan fingerprint density at radius 2 is 1.97 bits per heavy atom. The third-order valence-electron chi connectivity index (χ3n) is 5.66. The summed E-state index contributed by atoms with van der Waals surface area (Å²) < 4.78 is 5.44. The Morgan fingerprint density at radius 1 is 1.20 bits per heavy atom. The normalized spacial score (nSPS) is 21.6. The molecule has 4 rings (SSSR count). The summed E-state index contributed by atoms with van der Waals surface area (Å²) in [5, 5.41) is 0.379. The second-order valence-electron chi connectivity index (χ2n) is 7.89. The van der Waals surface area contributed by atoms with E-state index >= 15 is 0 Å². The monoisotopic (exact) mass is 424 g/mol. The largest absolute Gasteiger partial charge is 0.378 e. The zero-order valence-electron chi connectivity index (χ0n) is 17.4. The summed E-state index contributed by atoms with van der Waals surface area (Å²) in [4.78, 5) is 23.9. The molecule has 1 aliphatic carbocycles. The Kier molecular flexibility index (Phi) is 6.72. The second-order valence-corrected chi connectivity index (χ2v) is 8.25. The van der Waals surface area contributed by atoms with Crippen LogP contribution in [0.3, 0.4) is 0 Å². The molecule has 1 unspecified atom stereocenters. The summed E-state index contributed by atoms with van der Waals surface area (Å²) in [6, 6.07) is 10.4. The third-order valence-corrected chi connectivity index (χ3v) is 5.97. The van der Waals surface area contributed by atoms with E-state index in [4.69, 9.17) is 17.0 Å². The number of ether oxygens (including phenoxy) is 1. The van der Waals surface area contributed by atoms with E-state index < -0.39 is 0 Å². The summed E-state index contributed by atoms with van der Waals surface area (Å²) in [6.07, 6.45) is 6.85. The van der Waals surface area contributed by atoms with E-state index in [-0.39, 0.29) is 11.8 Å². The van der Waals surface area contributed by atoms with Crippen LogP contribution < -0.4 is 0 Å². The van der Waals surface area contributed by atoms with Crippen molar-refractivity contribution in [3.63, 3.8) is 0 Å². The molecule has 1 aromatic carbocycles. The zero-order valence-corrected chi connectivity index (χ0v) is 18.2. The first-order chi connectivity index (χ1) is 14.6. The van der Waals surface area contributed by atoms with Gasteiger partial charge in [0, 0.05) is 31.9 Å². The number of hydrogen-bond donors (Lipinski definition) is 0. The van der Waals surface area contributed by atoms with Gasteiger partial charge in [0.05, 0.1) is 18.9 Å². The maximum absolute atomic E-state index is 13.2. The molecule has 1 amide bonds. The number of nitrogens with zero attached hydrogens (tertiary/aromatic N) is 4. The smallest absolute Gasteiger partial charge is 0.241 e. The fraction of sp³-hybridized carbons (Fsp3) is 0.435. The number of amides is 1. The van der Waals surface area contributed by atoms with Crippen LogP contribution >= 0.6 is 12.2 Å². The number of carbonyl (C=O) groups is 1. The van der Waals surface area contributed by atoms with Gasteiger partial charge in [-0.05, 0) is 56.0 Å². The molecule has 1 atom stereocenters. The van der Waals surface area contributed by atoms with E-state index in [0.717, 1.165) is 57.2 Å². The molecule has 0 saturated carbocycles. The van der Waals surface area contributed by atoms with Crippen molar-refractivity contribution in [2.45, 2.75) is 13.0 Å². The van der Waals surface area contributed by atoms with Crippen LogP contribution in [0.5, 0.6) is 0 Å². The van der Waals surface area contributed by atoms with Crippen molar-refractivity contribution >= 4 is 28.9 Å². The first kappa shape index (κ1) is 20.9. The summed E-state index contributed by atoms with van der Waals surface area (Å²) in [6.45, 7) is 5.50. The lowest BCUT2D eigenvalue weighted by atomic mass is 9.93. The molecular weight excluding hydrogens is 396 g/mol. The van der Waals surface area contributed by atoms with Gasteiger partial charge in [0.15, 0.2) is 0 Å². The van der Waals surface area contributed by atoms with E-state index in [2.05, 4.69) is 46.1 Å². The predicted molar refractivity (Wildman–Crippen MR) is 122 cm³/mol. The van der Waals surface area contributed by atoms with E-state index in [1.165, 1.54) is 5.56 Å². The van der Waals surface area contributed by atoms with Crippen LogP contribution in [0, 0.1) is 5.92 Å². The Labute approximate surface area is 183 Å². The number of thiocarbonyl (C=S) groups is 1. The maximum atomic E-state index is 13.2. The molecule has 30 heavy (non-hydrogen) atoms. The van der Waals surface area contributed by atoms with Gasteiger partial charge >= 0.3 is 0 Å². The maximum Gasteiger partial charge on any atom is 0.241 e. The first-order valence-electron chi connectivity index (χ1n) is 10.5. The first-order valence-corrected chi connectivity index (χ1v) is 10.9. The molecule has 2 heterocycles. The number of allylic oxidation sites excluding steroid dienone is 2. The van der Waals surface area contributed by atoms with E-state index in [1.54, 1.807) is 4.90 Å². The highest BCUT2D eigenvalue weighted by atomic mass is 32.1. The lowest BCUT2D eigenvalue weighted by Gasteiger charge is -2.35. The molecule has 0 aromatic heterocycles. The molecule has 0 radical (unpaired) electrons. The van der Waals surface area contributed by atoms with Crippen LogP contribution in [0.4, 0.5) is 0 Å². The predicted octanol–water partition coefficient (Wildman–Crippen LogP) is 2.48. The van der Waals surface area contributed by atoms with Crippen molar-refractivity contribution in [2.24, 2.45) is 10.9 Å². The third kappa shape index (κ3) is 4.86. The topological polar surface area (TPSA) is 48.4 Å². The molecule has 2 aliphatic heterocycles. The van der Waals surface area contributed by atoms with Crippen molar-refractivity contribution in [3.05, 3.63) is 59.8 Å². The lowest BCUT2D eigenvalue weighted by molar-refractivity contribution is -0.128. The molecule has 1 fully saturated rings. The number of rotatable bonds is 7. The average Bonchev–Trinajstić information content (AvgIpc) is 2.77. The van der Waals surface area contributed by atoms with Crippen LogP contribution in [0.2, 0.25) is 0 Å². The van der Waals surface area contributed by atoms with Crippen molar-refractivity contribution in [2.75, 3.05) is 46.4 Å². The molecule has 0 bridgehead atoms. The Balaban J connectivity index is 1.35. The molecule has 7 heteroatoms. The second kappa shape index (κ2) is 9.64. The fourth-order valence-electron chi connectivity index (χ4n) is 4.03. The van der Waals surface area contributed by atoms with Gasteiger partial charge in [-0.25, -0.2) is 4.99 Å². The highest BCUT2D eigenvalue weighted by molar-refractivity contribution is 7.80. The van der Waals surface area contributed by atoms with Gasteiger partial charge < -0.3 is 14.5 Å². The Morgan fingerprint density at radius 3 is 2.73 bits per heavy atom. The zero-order chi connectivity index (χ0) is 20.9. The molecule has 158 valence electrons. The van der Waals surface area contributed by atoms with E-state index in [1.807, 2.05) is 24.3 Å². The lowest BCUT2D eigenvalue weighted by Crippen LogP contribution is -2.47. The summed E-state index contributed by atoms with van der Waals surface area (Å²) in [5.74, 6) is -0.313. The minimum Gasteiger partial charge on any atom is -0.378 e. The number of aliphatic imine (C=N–C) groups is 1. The van der Waals surface area contributed by atoms with Gasteiger partial charge in [-0.2, -0.15) is 0 Å². The van der Waals surface area contributed by atoms with Crippen molar-refractivity contribution in [1.29, 1.82) is 0 Å². The van der Waals surface area contributed by atoms with Crippen molar-refractivity contribution < 1.29 is 9.53 Å². The fourth-order valence-corrected chi connectivity index (χ4v) is 4.32. The number of benzene rings is 1. The van der Waals surface area contributed by atoms with Crippen LogP contribution in [0.15, 0.2) is 59.2 Å². The SMILES string of the molecule is CN(CCCN1C(=O)C2C=C(N3CCOCC3)C=CC2=NC1=S)Cc1ccccc1. The van der Waals surface area contributed by atoms with Gasteiger partial charge in [0.25, 0.3) is 0 Å². The number of fused-ring (bicyclic) bond motifs is 1. The van der Waals surface area contributed by atoms with Gasteiger partial charge in [0.1, 0.15) is 5.92 Å². The quantitative estimate of drug-likeness (QED) is 0.630. The van der Waals surface area contributed by atoms with Crippen LogP contribution in [-0.4, -0.2) is 77.9 Å². The molecule has 0 spiro atoms. The molecule has 1 aromatic rings. The minimum absolute atomic E-state index is 0.0332. The van der Waals surface area contributed by atoms with Crippen molar-refractivity contribution in [1.82, 2.24) is 14.7 Å². The minimum atomic E-state index is -0.346. The van der Waals surface area contributed by atoms with Gasteiger partial charge in [0.2, 0.25) is 11.0 Å². The number of carbonyl (C=O) groups excluding carboxylic acids is 1.